The van der Waals surface area contributed by atoms with Crippen LogP contribution >= 0.6 is 15.9 Å². The Labute approximate surface area is 135 Å². The predicted octanol–water partition coefficient (Wildman–Crippen LogP) is 3.79. The highest BCUT2D eigenvalue weighted by Crippen LogP contribution is 2.22. The maximum Gasteiger partial charge on any atom is 0.0808 e. The standard InChI is InChI=1S/C17H24BrNO2/c18-17-9-13(10-19-15-6-7-15)4-5-14(17)11-20-12-16-3-1-2-8-21-16/h4-5,9,15-16,19H,1-3,6-8,10-12H2. The van der Waals surface area contributed by atoms with Crippen molar-refractivity contribution < 1.29 is 9.47 Å². The van der Waals surface area contributed by atoms with Gasteiger partial charge < -0.3 is 14.8 Å². The number of benzene rings is 1. The molecule has 1 saturated carbocycles. The third kappa shape index (κ3) is 5.06. The molecule has 1 heterocycles. The molecular formula is C17H24BrNO2. The largest absolute Gasteiger partial charge is 0.376 e. The first-order valence-electron chi connectivity index (χ1n) is 8.01. The van der Waals surface area contributed by atoms with Crippen molar-refractivity contribution in [2.75, 3.05) is 13.2 Å². The molecule has 0 radical (unpaired) electrons. The van der Waals surface area contributed by atoms with Crippen LogP contribution in [-0.4, -0.2) is 25.4 Å². The summed E-state index contributed by atoms with van der Waals surface area (Å²) < 4.78 is 12.6. The maximum absolute atomic E-state index is 5.82. The van der Waals surface area contributed by atoms with Crippen molar-refractivity contribution in [1.29, 1.82) is 0 Å². The van der Waals surface area contributed by atoms with Gasteiger partial charge in [-0.15, -0.1) is 0 Å². The second-order valence-electron chi connectivity index (χ2n) is 6.08. The first-order valence-corrected chi connectivity index (χ1v) is 8.80. The van der Waals surface area contributed by atoms with E-state index in [-0.39, 0.29) is 0 Å². The molecule has 0 bridgehead atoms. The van der Waals surface area contributed by atoms with Gasteiger partial charge in [-0.3, -0.25) is 0 Å². The summed E-state index contributed by atoms with van der Waals surface area (Å²) in [6.45, 7) is 3.20. The smallest absolute Gasteiger partial charge is 0.0808 e. The lowest BCUT2D eigenvalue weighted by Crippen LogP contribution is -2.24. The van der Waals surface area contributed by atoms with Crippen molar-refractivity contribution in [3.63, 3.8) is 0 Å². The van der Waals surface area contributed by atoms with E-state index >= 15 is 0 Å². The minimum Gasteiger partial charge on any atom is -0.376 e. The monoisotopic (exact) mass is 353 g/mol. The fourth-order valence-electron chi connectivity index (χ4n) is 2.61. The summed E-state index contributed by atoms with van der Waals surface area (Å²) in [6.07, 6.45) is 6.54. The molecule has 1 aliphatic heterocycles. The Morgan fingerprint density at radius 3 is 2.86 bits per heavy atom. The van der Waals surface area contributed by atoms with E-state index in [4.69, 9.17) is 9.47 Å². The maximum atomic E-state index is 5.82. The molecule has 1 atom stereocenters. The van der Waals surface area contributed by atoms with E-state index in [1.54, 1.807) is 0 Å². The Balaban J connectivity index is 1.43. The van der Waals surface area contributed by atoms with E-state index < -0.39 is 0 Å². The number of ether oxygens (including phenoxy) is 2. The average Bonchev–Trinajstić information content (AvgIpc) is 3.32. The highest BCUT2D eigenvalue weighted by Gasteiger charge is 2.20. The van der Waals surface area contributed by atoms with Crippen LogP contribution in [0.5, 0.6) is 0 Å². The molecule has 1 aliphatic carbocycles. The molecule has 1 N–H and O–H groups in total. The van der Waals surface area contributed by atoms with Crippen LogP contribution in [0.15, 0.2) is 22.7 Å². The van der Waals surface area contributed by atoms with Gasteiger partial charge in [0.1, 0.15) is 0 Å². The van der Waals surface area contributed by atoms with E-state index in [1.807, 2.05) is 0 Å². The van der Waals surface area contributed by atoms with Gasteiger partial charge in [-0.05, 0) is 49.3 Å². The van der Waals surface area contributed by atoms with E-state index in [0.717, 1.165) is 30.1 Å². The predicted molar refractivity (Wildman–Crippen MR) is 87.3 cm³/mol. The lowest BCUT2D eigenvalue weighted by molar-refractivity contribution is -0.0448. The van der Waals surface area contributed by atoms with Crippen LogP contribution in [0.3, 0.4) is 0 Å². The van der Waals surface area contributed by atoms with Crippen LogP contribution in [0.1, 0.15) is 43.2 Å². The molecule has 3 nitrogen and oxygen atoms in total. The summed E-state index contributed by atoms with van der Waals surface area (Å²) >= 11 is 3.66. The molecule has 4 heteroatoms. The van der Waals surface area contributed by atoms with Gasteiger partial charge in [0.2, 0.25) is 0 Å². The van der Waals surface area contributed by atoms with Crippen molar-refractivity contribution in [1.82, 2.24) is 5.32 Å². The van der Waals surface area contributed by atoms with E-state index in [2.05, 4.69) is 39.4 Å². The second kappa shape index (κ2) is 7.73. The zero-order valence-corrected chi connectivity index (χ0v) is 14.0. The van der Waals surface area contributed by atoms with Gasteiger partial charge in [0.15, 0.2) is 0 Å². The van der Waals surface area contributed by atoms with Crippen LogP contribution in [0.25, 0.3) is 0 Å². The molecule has 1 aromatic rings. The van der Waals surface area contributed by atoms with Crippen LogP contribution in [0.4, 0.5) is 0 Å². The summed E-state index contributed by atoms with van der Waals surface area (Å²) in [5.74, 6) is 0. The van der Waals surface area contributed by atoms with Crippen LogP contribution in [-0.2, 0) is 22.6 Å². The van der Waals surface area contributed by atoms with Gasteiger partial charge in [0.05, 0.1) is 19.3 Å². The fourth-order valence-corrected chi connectivity index (χ4v) is 3.15. The highest BCUT2D eigenvalue weighted by atomic mass is 79.9. The van der Waals surface area contributed by atoms with Gasteiger partial charge in [-0.25, -0.2) is 0 Å². The Morgan fingerprint density at radius 2 is 2.14 bits per heavy atom. The Bertz CT molecular complexity index is 456. The molecule has 2 fully saturated rings. The number of rotatable bonds is 7. The number of hydrogen-bond acceptors (Lipinski definition) is 3. The summed E-state index contributed by atoms with van der Waals surface area (Å²) in [4.78, 5) is 0. The van der Waals surface area contributed by atoms with Crippen molar-refractivity contribution in [3.8, 4) is 0 Å². The number of nitrogens with one attached hydrogen (secondary N) is 1. The van der Waals surface area contributed by atoms with Crippen molar-refractivity contribution in [2.45, 2.75) is 57.4 Å². The summed E-state index contributed by atoms with van der Waals surface area (Å²) in [6, 6.07) is 7.30. The third-order valence-electron chi connectivity index (χ3n) is 4.12. The lowest BCUT2D eigenvalue weighted by atomic mass is 10.1. The quantitative estimate of drug-likeness (QED) is 0.808. The Morgan fingerprint density at radius 1 is 1.24 bits per heavy atom. The first-order chi connectivity index (χ1) is 10.3. The molecule has 3 rings (SSSR count). The minimum absolute atomic E-state index is 0.291. The Hall–Kier alpha value is -0.420. The topological polar surface area (TPSA) is 30.5 Å². The average molecular weight is 354 g/mol. The molecule has 1 saturated heterocycles. The fraction of sp³-hybridized carbons (Fsp3) is 0.647. The minimum atomic E-state index is 0.291. The summed E-state index contributed by atoms with van der Waals surface area (Å²) in [5, 5.41) is 3.54. The summed E-state index contributed by atoms with van der Waals surface area (Å²) in [7, 11) is 0. The molecule has 116 valence electrons. The van der Waals surface area contributed by atoms with Gasteiger partial charge >= 0.3 is 0 Å². The van der Waals surface area contributed by atoms with Gasteiger partial charge in [0.25, 0.3) is 0 Å². The third-order valence-corrected chi connectivity index (χ3v) is 4.86. The SMILES string of the molecule is Brc1cc(CNC2CC2)ccc1COCC1CCCCO1. The van der Waals surface area contributed by atoms with Crippen molar-refractivity contribution >= 4 is 15.9 Å². The molecule has 2 aliphatic rings. The molecule has 1 aromatic carbocycles. The normalized spacial score (nSPS) is 22.4. The van der Waals surface area contributed by atoms with Crippen LogP contribution in [0, 0.1) is 0 Å². The van der Waals surface area contributed by atoms with Crippen LogP contribution in [0.2, 0.25) is 0 Å². The molecule has 0 aromatic heterocycles. The molecule has 0 spiro atoms. The summed E-state index contributed by atoms with van der Waals surface area (Å²) in [5.41, 5.74) is 2.54. The van der Waals surface area contributed by atoms with E-state index in [0.29, 0.717) is 19.3 Å². The van der Waals surface area contributed by atoms with Gasteiger partial charge in [-0.2, -0.15) is 0 Å². The van der Waals surface area contributed by atoms with Crippen LogP contribution < -0.4 is 5.32 Å². The molecule has 1 unspecified atom stereocenters. The zero-order chi connectivity index (χ0) is 14.5. The number of hydrogen-bond donors (Lipinski definition) is 1. The first kappa shape index (κ1) is 15.5. The van der Waals surface area contributed by atoms with Crippen molar-refractivity contribution in [2.24, 2.45) is 0 Å². The Kier molecular flexibility index (Phi) is 5.69. The molecular weight excluding hydrogens is 330 g/mol. The lowest BCUT2D eigenvalue weighted by Gasteiger charge is -2.22. The van der Waals surface area contributed by atoms with Gasteiger partial charge in [0, 0.05) is 23.7 Å². The molecule has 21 heavy (non-hydrogen) atoms. The zero-order valence-electron chi connectivity index (χ0n) is 12.4. The van der Waals surface area contributed by atoms with E-state index in [9.17, 15) is 0 Å². The number of halogens is 1. The second-order valence-corrected chi connectivity index (χ2v) is 6.94. The van der Waals surface area contributed by atoms with Crippen molar-refractivity contribution in [3.05, 3.63) is 33.8 Å². The van der Waals surface area contributed by atoms with E-state index in [1.165, 1.54) is 36.8 Å². The highest BCUT2D eigenvalue weighted by molar-refractivity contribution is 9.10. The molecule has 0 amide bonds. The van der Waals surface area contributed by atoms with Gasteiger partial charge in [-0.1, -0.05) is 28.1 Å².